The topological polar surface area (TPSA) is 66.1 Å². The van der Waals surface area contributed by atoms with E-state index in [4.69, 9.17) is 10.5 Å². The van der Waals surface area contributed by atoms with E-state index < -0.39 is 0 Å². The van der Waals surface area contributed by atoms with Gasteiger partial charge in [0.25, 0.3) is 0 Å². The van der Waals surface area contributed by atoms with Crippen LogP contribution in [0.2, 0.25) is 0 Å². The number of rotatable bonds is 9. The number of hydrogen-bond donors (Lipinski definition) is 2. The fraction of sp³-hybridized carbons (Fsp3) is 0.938. The van der Waals surface area contributed by atoms with Gasteiger partial charge in [0.05, 0.1) is 13.2 Å². The minimum atomic E-state index is 0. The van der Waals surface area contributed by atoms with Crippen molar-refractivity contribution in [2.45, 2.75) is 46.2 Å². The highest BCUT2D eigenvalue weighted by Gasteiger charge is 2.12. The van der Waals surface area contributed by atoms with E-state index in [1.54, 1.807) is 0 Å². The number of hydrogen-bond acceptors (Lipinski definition) is 4. The normalized spacial score (nSPS) is 16.9. The number of nitrogens with one attached hydrogen (secondary N) is 1. The zero-order valence-electron chi connectivity index (χ0n) is 15.3. The fourth-order valence-corrected chi connectivity index (χ4v) is 2.80. The van der Waals surface area contributed by atoms with Gasteiger partial charge in [-0.25, -0.2) is 0 Å². The molecule has 0 aromatic heterocycles. The van der Waals surface area contributed by atoms with Crippen LogP contribution in [-0.4, -0.2) is 80.3 Å². The van der Waals surface area contributed by atoms with E-state index >= 15 is 0 Å². The molecular weight excluding hydrogens is 405 g/mol. The summed E-state index contributed by atoms with van der Waals surface area (Å²) in [6.07, 6.45) is 1.05. The highest BCUT2D eigenvalue weighted by atomic mass is 127. The standard InChI is InChI=1S/C16H35N5O.HI/c1-14(2)21(15(3)4)9-7-19-16(17)18-6-5-8-20-10-12-22-13-11-20;/h14-15H,5-13H2,1-4H3,(H3,17,18,19);1H. The zero-order chi connectivity index (χ0) is 16.4. The van der Waals surface area contributed by atoms with Crippen LogP contribution in [-0.2, 0) is 4.74 Å². The summed E-state index contributed by atoms with van der Waals surface area (Å²) in [5.74, 6) is 0.564. The first-order chi connectivity index (χ1) is 10.5. The predicted octanol–water partition coefficient (Wildman–Crippen LogP) is 1.35. The van der Waals surface area contributed by atoms with Gasteiger partial charge in [-0.15, -0.1) is 24.0 Å². The number of halogens is 1. The lowest BCUT2D eigenvalue weighted by Crippen LogP contribution is -2.44. The smallest absolute Gasteiger partial charge is 0.188 e. The summed E-state index contributed by atoms with van der Waals surface area (Å²) in [7, 11) is 0. The van der Waals surface area contributed by atoms with Gasteiger partial charge in [0.2, 0.25) is 0 Å². The van der Waals surface area contributed by atoms with Gasteiger partial charge in [-0.05, 0) is 34.1 Å². The predicted molar refractivity (Wildman–Crippen MR) is 109 cm³/mol. The lowest BCUT2D eigenvalue weighted by molar-refractivity contribution is 0.0377. The van der Waals surface area contributed by atoms with Gasteiger partial charge >= 0.3 is 0 Å². The maximum atomic E-state index is 5.92. The van der Waals surface area contributed by atoms with Crippen LogP contribution in [0.1, 0.15) is 34.1 Å². The summed E-state index contributed by atoms with van der Waals surface area (Å²) in [5.41, 5.74) is 5.92. The molecule has 138 valence electrons. The lowest BCUT2D eigenvalue weighted by atomic mass is 10.2. The zero-order valence-corrected chi connectivity index (χ0v) is 17.6. The first-order valence-corrected chi connectivity index (χ1v) is 8.60. The number of nitrogens with zero attached hydrogens (tertiary/aromatic N) is 3. The highest BCUT2D eigenvalue weighted by molar-refractivity contribution is 14.0. The second-order valence-electron chi connectivity index (χ2n) is 6.43. The van der Waals surface area contributed by atoms with Gasteiger partial charge in [-0.2, -0.15) is 0 Å². The van der Waals surface area contributed by atoms with Crippen LogP contribution in [0.5, 0.6) is 0 Å². The van der Waals surface area contributed by atoms with Crippen molar-refractivity contribution in [3.05, 3.63) is 0 Å². The van der Waals surface area contributed by atoms with E-state index in [-0.39, 0.29) is 24.0 Å². The second-order valence-corrected chi connectivity index (χ2v) is 6.43. The van der Waals surface area contributed by atoms with E-state index in [1.807, 2.05) is 0 Å². The molecule has 0 aliphatic carbocycles. The summed E-state index contributed by atoms with van der Waals surface area (Å²) < 4.78 is 5.34. The maximum absolute atomic E-state index is 5.92. The Morgan fingerprint density at radius 3 is 2.39 bits per heavy atom. The summed E-state index contributed by atoms with van der Waals surface area (Å²) in [6.45, 7) is 16.4. The van der Waals surface area contributed by atoms with Crippen LogP contribution in [0.15, 0.2) is 4.99 Å². The summed E-state index contributed by atoms with van der Waals surface area (Å²) in [5, 5.41) is 3.21. The van der Waals surface area contributed by atoms with Gasteiger partial charge in [0, 0.05) is 51.4 Å². The van der Waals surface area contributed by atoms with Crippen LogP contribution in [0, 0.1) is 0 Å². The summed E-state index contributed by atoms with van der Waals surface area (Å²) >= 11 is 0. The van der Waals surface area contributed by atoms with E-state index in [2.05, 4.69) is 47.8 Å². The maximum Gasteiger partial charge on any atom is 0.188 e. The molecule has 0 atom stereocenters. The Hall–Kier alpha value is -0.120. The van der Waals surface area contributed by atoms with Crippen LogP contribution in [0.25, 0.3) is 0 Å². The molecule has 1 fully saturated rings. The Kier molecular flexibility index (Phi) is 13.1. The average Bonchev–Trinajstić information content (AvgIpc) is 2.48. The molecule has 23 heavy (non-hydrogen) atoms. The molecule has 0 aromatic rings. The van der Waals surface area contributed by atoms with E-state index in [1.165, 1.54) is 0 Å². The molecule has 6 nitrogen and oxygen atoms in total. The van der Waals surface area contributed by atoms with Crippen molar-refractivity contribution >= 4 is 29.9 Å². The van der Waals surface area contributed by atoms with Crippen LogP contribution in [0.3, 0.4) is 0 Å². The van der Waals surface area contributed by atoms with Crippen molar-refractivity contribution in [1.82, 2.24) is 15.1 Å². The van der Waals surface area contributed by atoms with Gasteiger partial charge in [-0.3, -0.25) is 14.8 Å². The molecule has 0 spiro atoms. The van der Waals surface area contributed by atoms with Gasteiger partial charge in [0.15, 0.2) is 5.96 Å². The molecule has 1 heterocycles. The van der Waals surface area contributed by atoms with Crippen molar-refractivity contribution in [3.63, 3.8) is 0 Å². The SMILES string of the molecule is CC(C)N(CCNC(N)=NCCCN1CCOCC1)C(C)C.I. The number of aliphatic imine (C=N–C) groups is 1. The quantitative estimate of drug-likeness (QED) is 0.245. The van der Waals surface area contributed by atoms with Crippen LogP contribution >= 0.6 is 24.0 Å². The second kappa shape index (κ2) is 13.2. The van der Waals surface area contributed by atoms with Crippen molar-refractivity contribution in [3.8, 4) is 0 Å². The number of guanidine groups is 1. The molecule has 3 N–H and O–H groups in total. The Morgan fingerprint density at radius 1 is 1.22 bits per heavy atom. The minimum absolute atomic E-state index is 0. The van der Waals surface area contributed by atoms with Crippen molar-refractivity contribution in [2.75, 3.05) is 52.5 Å². The molecule has 0 unspecified atom stereocenters. The van der Waals surface area contributed by atoms with Gasteiger partial charge in [0.1, 0.15) is 0 Å². The molecule has 0 radical (unpaired) electrons. The first-order valence-electron chi connectivity index (χ1n) is 8.60. The van der Waals surface area contributed by atoms with E-state index in [0.717, 1.165) is 58.9 Å². The molecule has 0 amide bonds. The average molecular weight is 441 g/mol. The lowest BCUT2D eigenvalue weighted by Gasteiger charge is -2.30. The third kappa shape index (κ3) is 10.4. The molecule has 0 aromatic carbocycles. The number of nitrogens with two attached hydrogens (primary N) is 1. The molecule has 1 aliphatic heterocycles. The van der Waals surface area contributed by atoms with Crippen molar-refractivity contribution in [1.29, 1.82) is 0 Å². The van der Waals surface area contributed by atoms with E-state index in [9.17, 15) is 0 Å². The molecule has 7 heteroatoms. The molecule has 0 saturated carbocycles. The van der Waals surface area contributed by atoms with Crippen molar-refractivity contribution < 1.29 is 4.74 Å². The van der Waals surface area contributed by atoms with Crippen LogP contribution in [0.4, 0.5) is 0 Å². The third-order valence-electron chi connectivity index (χ3n) is 4.02. The third-order valence-corrected chi connectivity index (χ3v) is 4.02. The van der Waals surface area contributed by atoms with Crippen molar-refractivity contribution in [2.24, 2.45) is 10.7 Å². The van der Waals surface area contributed by atoms with Gasteiger partial charge in [-0.1, -0.05) is 0 Å². The molecule has 0 bridgehead atoms. The Morgan fingerprint density at radius 2 is 1.83 bits per heavy atom. The Balaban J connectivity index is 0.00000484. The molecule has 1 rings (SSSR count). The molecule has 1 aliphatic rings. The van der Waals surface area contributed by atoms with E-state index in [0.29, 0.717) is 18.0 Å². The minimum Gasteiger partial charge on any atom is -0.379 e. The Labute approximate surface area is 159 Å². The summed E-state index contributed by atoms with van der Waals surface area (Å²) in [6, 6.07) is 1.10. The monoisotopic (exact) mass is 441 g/mol. The number of morpholine rings is 1. The molecule has 1 saturated heterocycles. The Bertz CT molecular complexity index is 312. The summed E-state index contributed by atoms with van der Waals surface area (Å²) in [4.78, 5) is 9.27. The molecular formula is C16H36IN5O. The fourth-order valence-electron chi connectivity index (χ4n) is 2.80. The first kappa shape index (κ1) is 22.9. The number of ether oxygens (including phenoxy) is 1. The largest absolute Gasteiger partial charge is 0.379 e. The highest BCUT2D eigenvalue weighted by Crippen LogP contribution is 2.03. The van der Waals surface area contributed by atoms with Crippen LogP contribution < -0.4 is 11.1 Å². The van der Waals surface area contributed by atoms with Gasteiger partial charge < -0.3 is 15.8 Å².